The summed E-state index contributed by atoms with van der Waals surface area (Å²) in [6, 6.07) is 0.691. The van der Waals surface area contributed by atoms with Crippen LogP contribution < -0.4 is 5.73 Å². The Bertz CT molecular complexity index is 726. The predicted octanol–water partition coefficient (Wildman–Crippen LogP) is 5.64. The van der Waals surface area contributed by atoms with Crippen molar-refractivity contribution in [2.75, 3.05) is 6.54 Å². The summed E-state index contributed by atoms with van der Waals surface area (Å²) >= 11 is 0. The van der Waals surface area contributed by atoms with Crippen molar-refractivity contribution in [2.24, 2.45) is 5.73 Å². The van der Waals surface area contributed by atoms with Gasteiger partial charge in [-0.15, -0.1) is 0 Å². The largest absolute Gasteiger partial charge is 0.418 e. The van der Waals surface area contributed by atoms with E-state index >= 15 is 0 Å². The first-order valence-corrected chi connectivity index (χ1v) is 8.16. The highest BCUT2D eigenvalue weighted by Gasteiger charge is 2.39. The molecular formula is C17H23F6N3. The van der Waals surface area contributed by atoms with Crippen LogP contribution in [0.1, 0.15) is 57.5 Å². The normalized spacial score (nSPS) is 12.9. The summed E-state index contributed by atoms with van der Waals surface area (Å²) in [4.78, 5) is 6.34. The van der Waals surface area contributed by atoms with Gasteiger partial charge in [-0.2, -0.15) is 26.3 Å². The van der Waals surface area contributed by atoms with E-state index < -0.39 is 34.4 Å². The standard InChI is InChI=1S/C13H13F6N3.C4H10/c1-11(2,5-20)10-21-8-4-6(12(14,15)16)3-7(9(8)22-10)13(17,18)19;1-3-4-2/h3-4H,5,20H2,1-2H3,(H,21,22);3-4H2,1-2H3. The Kier molecular flexibility index (Phi) is 6.73. The monoisotopic (exact) mass is 383 g/mol. The highest BCUT2D eigenvalue weighted by molar-refractivity contribution is 5.81. The molecule has 1 aromatic heterocycles. The zero-order chi connectivity index (χ0) is 20.3. The molecule has 0 amide bonds. The molecule has 0 saturated carbocycles. The number of hydrogen-bond donors (Lipinski definition) is 2. The molecule has 0 aliphatic heterocycles. The van der Waals surface area contributed by atoms with E-state index in [1.165, 1.54) is 12.8 Å². The van der Waals surface area contributed by atoms with Gasteiger partial charge in [0, 0.05) is 12.0 Å². The fraction of sp³-hybridized carbons (Fsp3) is 0.588. The smallest absolute Gasteiger partial charge is 0.341 e. The average molecular weight is 383 g/mol. The molecule has 148 valence electrons. The van der Waals surface area contributed by atoms with Crippen LogP contribution in [0.3, 0.4) is 0 Å². The number of aromatic nitrogens is 2. The summed E-state index contributed by atoms with van der Waals surface area (Å²) in [6.07, 6.45) is -7.19. The lowest BCUT2D eigenvalue weighted by Crippen LogP contribution is -2.29. The van der Waals surface area contributed by atoms with Crippen LogP contribution in [0.15, 0.2) is 12.1 Å². The van der Waals surface area contributed by atoms with Crippen LogP contribution in [0.5, 0.6) is 0 Å². The van der Waals surface area contributed by atoms with Gasteiger partial charge in [0.25, 0.3) is 0 Å². The summed E-state index contributed by atoms with van der Waals surface area (Å²) < 4.78 is 77.4. The van der Waals surface area contributed by atoms with Crippen LogP contribution in [0.2, 0.25) is 0 Å². The van der Waals surface area contributed by atoms with Crippen LogP contribution in [-0.4, -0.2) is 16.5 Å². The maximum absolute atomic E-state index is 13.0. The highest BCUT2D eigenvalue weighted by Crippen LogP contribution is 2.39. The number of imidazole rings is 1. The van der Waals surface area contributed by atoms with E-state index in [0.29, 0.717) is 6.07 Å². The Morgan fingerprint density at radius 3 is 1.88 bits per heavy atom. The summed E-state index contributed by atoms with van der Waals surface area (Å²) in [7, 11) is 0. The molecule has 0 fully saturated rings. The van der Waals surface area contributed by atoms with Crippen molar-refractivity contribution >= 4 is 11.0 Å². The molecule has 0 saturated heterocycles. The second-order valence-electron chi connectivity index (χ2n) is 6.59. The Labute approximate surface area is 148 Å². The summed E-state index contributed by atoms with van der Waals surface area (Å²) in [5.74, 6) is 0.106. The number of alkyl halides is 6. The lowest BCUT2D eigenvalue weighted by molar-refractivity contribution is -0.142. The molecule has 0 atom stereocenters. The molecule has 0 aliphatic carbocycles. The van der Waals surface area contributed by atoms with Crippen LogP contribution in [0, 0.1) is 0 Å². The third kappa shape index (κ3) is 5.12. The molecule has 9 heteroatoms. The van der Waals surface area contributed by atoms with Crippen molar-refractivity contribution in [3.05, 3.63) is 29.1 Å². The molecular weight excluding hydrogens is 360 g/mol. The quantitative estimate of drug-likeness (QED) is 0.674. The molecule has 1 heterocycles. The fourth-order valence-electron chi connectivity index (χ4n) is 1.91. The van der Waals surface area contributed by atoms with Gasteiger partial charge in [-0.1, -0.05) is 40.5 Å². The summed E-state index contributed by atoms with van der Waals surface area (Å²) in [6.45, 7) is 7.69. The average Bonchev–Trinajstić information content (AvgIpc) is 2.97. The van der Waals surface area contributed by atoms with Crippen molar-refractivity contribution in [1.82, 2.24) is 9.97 Å². The number of fused-ring (bicyclic) bond motifs is 1. The van der Waals surface area contributed by atoms with E-state index in [4.69, 9.17) is 5.73 Å². The lowest BCUT2D eigenvalue weighted by Gasteiger charge is -2.18. The van der Waals surface area contributed by atoms with Crippen molar-refractivity contribution in [2.45, 2.75) is 58.3 Å². The number of nitrogens with zero attached hydrogens (tertiary/aromatic N) is 1. The maximum atomic E-state index is 13.0. The second-order valence-corrected chi connectivity index (χ2v) is 6.59. The number of hydrogen-bond acceptors (Lipinski definition) is 2. The SMILES string of the molecule is CC(C)(CN)c1nc2c(C(F)(F)F)cc(C(F)(F)F)cc2[nH]1.CCCC. The van der Waals surface area contributed by atoms with Crippen LogP contribution >= 0.6 is 0 Å². The molecule has 2 rings (SSSR count). The fourth-order valence-corrected chi connectivity index (χ4v) is 1.91. The molecule has 0 unspecified atom stereocenters. The number of rotatable bonds is 3. The van der Waals surface area contributed by atoms with Gasteiger partial charge in [0.2, 0.25) is 0 Å². The predicted molar refractivity (Wildman–Crippen MR) is 88.8 cm³/mol. The Morgan fingerprint density at radius 2 is 1.50 bits per heavy atom. The van der Waals surface area contributed by atoms with Gasteiger partial charge in [0.1, 0.15) is 11.3 Å². The van der Waals surface area contributed by atoms with Gasteiger partial charge < -0.3 is 10.7 Å². The summed E-state index contributed by atoms with van der Waals surface area (Å²) in [5, 5.41) is 0. The van der Waals surface area contributed by atoms with Gasteiger partial charge in [0.15, 0.2) is 0 Å². The molecule has 3 nitrogen and oxygen atoms in total. The first kappa shape index (κ1) is 22.3. The first-order chi connectivity index (χ1) is 11.8. The number of halogens is 6. The third-order valence-corrected chi connectivity index (χ3v) is 3.87. The molecule has 0 radical (unpaired) electrons. The Morgan fingerprint density at radius 1 is 0.962 bits per heavy atom. The lowest BCUT2D eigenvalue weighted by atomic mass is 9.93. The number of aromatic amines is 1. The van der Waals surface area contributed by atoms with Crippen molar-refractivity contribution in [3.8, 4) is 0 Å². The van der Waals surface area contributed by atoms with Crippen molar-refractivity contribution < 1.29 is 26.3 Å². The van der Waals surface area contributed by atoms with Crippen LogP contribution in [-0.2, 0) is 17.8 Å². The Balaban J connectivity index is 0.000000765. The van der Waals surface area contributed by atoms with E-state index in [0.717, 1.165) is 0 Å². The second kappa shape index (κ2) is 7.85. The number of benzene rings is 1. The summed E-state index contributed by atoms with van der Waals surface area (Å²) in [5.41, 5.74) is 1.06. The van der Waals surface area contributed by atoms with Gasteiger partial charge in [-0.25, -0.2) is 4.98 Å². The van der Waals surface area contributed by atoms with E-state index in [-0.39, 0.29) is 24.0 Å². The molecule has 26 heavy (non-hydrogen) atoms. The molecule has 2 aromatic rings. The van der Waals surface area contributed by atoms with Crippen LogP contribution in [0.25, 0.3) is 11.0 Å². The van der Waals surface area contributed by atoms with Crippen molar-refractivity contribution in [3.63, 3.8) is 0 Å². The molecule has 1 aromatic carbocycles. The van der Waals surface area contributed by atoms with E-state index in [1.54, 1.807) is 13.8 Å². The van der Waals surface area contributed by atoms with Gasteiger partial charge >= 0.3 is 12.4 Å². The third-order valence-electron chi connectivity index (χ3n) is 3.87. The van der Waals surface area contributed by atoms with E-state index in [1.807, 2.05) is 0 Å². The minimum absolute atomic E-state index is 0.0697. The molecule has 0 bridgehead atoms. The minimum Gasteiger partial charge on any atom is -0.341 e. The number of nitrogens with one attached hydrogen (secondary N) is 1. The van der Waals surface area contributed by atoms with E-state index in [2.05, 4.69) is 23.8 Å². The van der Waals surface area contributed by atoms with E-state index in [9.17, 15) is 26.3 Å². The van der Waals surface area contributed by atoms with Gasteiger partial charge in [-0.05, 0) is 12.1 Å². The number of H-pyrrole nitrogens is 1. The topological polar surface area (TPSA) is 54.7 Å². The van der Waals surface area contributed by atoms with Gasteiger partial charge in [-0.3, -0.25) is 0 Å². The molecule has 0 aliphatic rings. The number of unbranched alkanes of at least 4 members (excludes halogenated alkanes) is 1. The zero-order valence-electron chi connectivity index (χ0n) is 15.1. The first-order valence-electron chi connectivity index (χ1n) is 8.16. The van der Waals surface area contributed by atoms with Gasteiger partial charge in [0.05, 0.1) is 16.6 Å². The zero-order valence-corrected chi connectivity index (χ0v) is 15.1. The molecule has 0 spiro atoms. The maximum Gasteiger partial charge on any atom is 0.418 e. The highest BCUT2D eigenvalue weighted by atomic mass is 19.4. The van der Waals surface area contributed by atoms with Crippen molar-refractivity contribution in [1.29, 1.82) is 0 Å². The minimum atomic E-state index is -4.95. The molecule has 3 N–H and O–H groups in total. The Hall–Kier alpha value is -1.77. The number of nitrogens with two attached hydrogens (primary N) is 1. The van der Waals surface area contributed by atoms with Crippen LogP contribution in [0.4, 0.5) is 26.3 Å².